The van der Waals surface area contributed by atoms with Gasteiger partial charge in [-0.05, 0) is 35.7 Å². The number of hydrogen-bond donors (Lipinski definition) is 2. The Morgan fingerprint density at radius 3 is 3.05 bits per heavy atom. The summed E-state index contributed by atoms with van der Waals surface area (Å²) in [5.74, 6) is 1.59. The van der Waals surface area contributed by atoms with Crippen molar-refractivity contribution in [1.82, 2.24) is 10.3 Å². The highest BCUT2D eigenvalue weighted by atomic mass is 16.5. The molecule has 1 aliphatic rings. The lowest BCUT2D eigenvalue weighted by Crippen LogP contribution is -2.25. The van der Waals surface area contributed by atoms with E-state index in [-0.39, 0.29) is 0 Å². The van der Waals surface area contributed by atoms with E-state index >= 15 is 0 Å². The lowest BCUT2D eigenvalue weighted by atomic mass is 9.93. The highest BCUT2D eigenvalue weighted by molar-refractivity contribution is 5.82. The number of benzene rings is 2. The van der Waals surface area contributed by atoms with E-state index < -0.39 is 0 Å². The van der Waals surface area contributed by atoms with Gasteiger partial charge in [0.15, 0.2) is 0 Å². The third-order valence-corrected chi connectivity index (χ3v) is 4.47. The molecule has 1 aromatic heterocycles. The average molecular weight is 292 g/mol. The number of nitrogens with one attached hydrogen (secondary N) is 2. The third-order valence-electron chi connectivity index (χ3n) is 4.47. The van der Waals surface area contributed by atoms with Gasteiger partial charge >= 0.3 is 0 Å². The first kappa shape index (κ1) is 13.4. The van der Waals surface area contributed by atoms with Crippen molar-refractivity contribution in [3.05, 3.63) is 65.9 Å². The first-order valence-corrected chi connectivity index (χ1v) is 7.89. The first-order chi connectivity index (χ1) is 10.9. The van der Waals surface area contributed by atoms with E-state index in [4.69, 9.17) is 4.74 Å². The third kappa shape index (κ3) is 2.48. The van der Waals surface area contributed by atoms with E-state index in [9.17, 15) is 0 Å². The van der Waals surface area contributed by atoms with Gasteiger partial charge in [-0.25, -0.2) is 0 Å². The molecular weight excluding hydrogens is 272 g/mol. The van der Waals surface area contributed by atoms with Gasteiger partial charge in [0.25, 0.3) is 0 Å². The maximum atomic E-state index is 5.73. The van der Waals surface area contributed by atoms with E-state index in [0.717, 1.165) is 31.9 Å². The number of hydrogen-bond acceptors (Lipinski definition) is 2. The van der Waals surface area contributed by atoms with Crippen molar-refractivity contribution in [2.75, 3.05) is 13.2 Å². The van der Waals surface area contributed by atoms with Crippen molar-refractivity contribution in [2.45, 2.75) is 18.9 Å². The molecule has 2 heterocycles. The molecule has 112 valence electrons. The molecule has 1 aliphatic heterocycles. The second-order valence-electron chi connectivity index (χ2n) is 5.86. The van der Waals surface area contributed by atoms with Gasteiger partial charge < -0.3 is 15.0 Å². The summed E-state index contributed by atoms with van der Waals surface area (Å²) < 4.78 is 5.73. The van der Waals surface area contributed by atoms with Crippen molar-refractivity contribution in [1.29, 1.82) is 0 Å². The van der Waals surface area contributed by atoms with Gasteiger partial charge in [-0.1, -0.05) is 30.3 Å². The van der Waals surface area contributed by atoms with Gasteiger partial charge in [-0.2, -0.15) is 0 Å². The van der Waals surface area contributed by atoms with Gasteiger partial charge in [-0.3, -0.25) is 0 Å². The molecule has 4 rings (SSSR count). The summed E-state index contributed by atoms with van der Waals surface area (Å²) in [6.07, 6.45) is 3.08. The Balaban J connectivity index is 1.45. The smallest absolute Gasteiger partial charge is 0.122 e. The van der Waals surface area contributed by atoms with Crippen molar-refractivity contribution in [3.8, 4) is 5.75 Å². The van der Waals surface area contributed by atoms with E-state index in [1.54, 1.807) is 0 Å². The van der Waals surface area contributed by atoms with E-state index in [1.165, 1.54) is 22.0 Å². The molecule has 3 nitrogen and oxygen atoms in total. The fraction of sp³-hybridized carbons (Fsp3) is 0.263. The maximum Gasteiger partial charge on any atom is 0.122 e. The van der Waals surface area contributed by atoms with Gasteiger partial charge in [0, 0.05) is 36.1 Å². The van der Waals surface area contributed by atoms with Crippen molar-refractivity contribution in [3.63, 3.8) is 0 Å². The van der Waals surface area contributed by atoms with Gasteiger partial charge in [0.1, 0.15) is 5.75 Å². The summed E-state index contributed by atoms with van der Waals surface area (Å²) in [7, 11) is 0. The van der Waals surface area contributed by atoms with Crippen molar-refractivity contribution >= 4 is 10.9 Å². The summed E-state index contributed by atoms with van der Waals surface area (Å²) in [5.41, 5.74) is 3.89. The number of aromatic amines is 1. The highest BCUT2D eigenvalue weighted by Crippen LogP contribution is 2.32. The fourth-order valence-corrected chi connectivity index (χ4v) is 3.31. The number of H-pyrrole nitrogens is 1. The van der Waals surface area contributed by atoms with Crippen LogP contribution >= 0.6 is 0 Å². The zero-order valence-corrected chi connectivity index (χ0v) is 12.5. The molecule has 1 atom stereocenters. The van der Waals surface area contributed by atoms with Crippen LogP contribution in [0.3, 0.4) is 0 Å². The Bertz CT molecular complexity index is 778. The number of para-hydroxylation sites is 1. The second-order valence-corrected chi connectivity index (χ2v) is 5.86. The van der Waals surface area contributed by atoms with E-state index in [1.807, 2.05) is 12.3 Å². The molecule has 0 spiro atoms. The van der Waals surface area contributed by atoms with Crippen LogP contribution in [0.1, 0.15) is 23.5 Å². The van der Waals surface area contributed by atoms with Crippen LogP contribution in [-0.4, -0.2) is 18.1 Å². The molecule has 2 N–H and O–H groups in total. The molecule has 2 aromatic carbocycles. The topological polar surface area (TPSA) is 37.0 Å². The normalized spacial score (nSPS) is 17.2. The predicted octanol–water partition coefficient (Wildman–Crippen LogP) is 3.82. The molecule has 0 radical (unpaired) electrons. The summed E-state index contributed by atoms with van der Waals surface area (Å²) in [6, 6.07) is 17.0. The molecule has 0 amide bonds. The standard InChI is InChI=1S/C19H20N2O/c1-2-7-19-17(5-1)15(9-11-22-19)13-20-12-14-4-3-6-18-16(14)8-10-21-18/h1-8,10,15,20-21H,9,11-13H2. The van der Waals surface area contributed by atoms with Crippen LogP contribution in [0.4, 0.5) is 0 Å². The summed E-state index contributed by atoms with van der Waals surface area (Å²) in [4.78, 5) is 3.27. The quantitative estimate of drug-likeness (QED) is 0.767. The van der Waals surface area contributed by atoms with E-state index in [0.29, 0.717) is 5.92 Å². The lowest BCUT2D eigenvalue weighted by molar-refractivity contribution is 0.264. The Morgan fingerprint density at radius 1 is 1.09 bits per heavy atom. The number of rotatable bonds is 4. The first-order valence-electron chi connectivity index (χ1n) is 7.89. The molecule has 3 heteroatoms. The lowest BCUT2D eigenvalue weighted by Gasteiger charge is -2.26. The largest absolute Gasteiger partial charge is 0.493 e. The summed E-state index contributed by atoms with van der Waals surface area (Å²) >= 11 is 0. The SMILES string of the molecule is c1ccc2c(c1)OCCC2CNCc1cccc2[nH]ccc12. The van der Waals surface area contributed by atoms with Gasteiger partial charge in [-0.15, -0.1) is 0 Å². The zero-order valence-electron chi connectivity index (χ0n) is 12.5. The second kappa shape index (κ2) is 5.85. The molecule has 0 saturated carbocycles. The van der Waals surface area contributed by atoms with Crippen LogP contribution in [-0.2, 0) is 6.54 Å². The minimum Gasteiger partial charge on any atom is -0.493 e. The van der Waals surface area contributed by atoms with Crippen LogP contribution in [0.5, 0.6) is 5.75 Å². The van der Waals surface area contributed by atoms with Crippen molar-refractivity contribution < 1.29 is 4.74 Å². The van der Waals surface area contributed by atoms with Crippen LogP contribution in [0.2, 0.25) is 0 Å². The summed E-state index contributed by atoms with van der Waals surface area (Å²) in [6.45, 7) is 2.70. The Morgan fingerprint density at radius 2 is 2.05 bits per heavy atom. The molecule has 3 aromatic rings. The average Bonchev–Trinajstić information content (AvgIpc) is 3.05. The van der Waals surface area contributed by atoms with Crippen molar-refractivity contribution in [2.24, 2.45) is 0 Å². The molecule has 0 bridgehead atoms. The molecule has 0 aliphatic carbocycles. The van der Waals surface area contributed by atoms with Crippen LogP contribution in [0, 0.1) is 0 Å². The highest BCUT2D eigenvalue weighted by Gasteiger charge is 2.20. The van der Waals surface area contributed by atoms with Gasteiger partial charge in [0.05, 0.1) is 6.61 Å². The van der Waals surface area contributed by atoms with E-state index in [2.05, 4.69) is 52.8 Å². The fourth-order valence-electron chi connectivity index (χ4n) is 3.31. The monoisotopic (exact) mass is 292 g/mol. The molecular formula is C19H20N2O. The Kier molecular flexibility index (Phi) is 3.57. The molecule has 0 saturated heterocycles. The van der Waals surface area contributed by atoms with Crippen LogP contribution in [0.15, 0.2) is 54.7 Å². The molecule has 22 heavy (non-hydrogen) atoms. The zero-order chi connectivity index (χ0) is 14.8. The van der Waals surface area contributed by atoms with Crippen LogP contribution < -0.4 is 10.1 Å². The predicted molar refractivity (Wildman–Crippen MR) is 89.3 cm³/mol. The number of fused-ring (bicyclic) bond motifs is 2. The summed E-state index contributed by atoms with van der Waals surface area (Å²) in [5, 5.41) is 4.93. The number of ether oxygens (including phenoxy) is 1. The Labute approximate surface area is 130 Å². The molecule has 1 unspecified atom stereocenters. The Hall–Kier alpha value is -2.26. The number of aromatic nitrogens is 1. The maximum absolute atomic E-state index is 5.73. The minimum atomic E-state index is 0.537. The molecule has 0 fully saturated rings. The van der Waals surface area contributed by atoms with Gasteiger partial charge in [0.2, 0.25) is 0 Å². The minimum absolute atomic E-state index is 0.537. The van der Waals surface area contributed by atoms with Crippen LogP contribution in [0.25, 0.3) is 10.9 Å².